The molecule has 0 amide bonds. The first kappa shape index (κ1) is 16.5. The number of piperidine rings is 1. The molecule has 2 rings (SSSR count). The molecule has 2 N–H and O–H groups in total. The molecule has 0 bridgehead atoms. The van der Waals surface area contributed by atoms with Gasteiger partial charge in [0.05, 0.1) is 19.0 Å². The summed E-state index contributed by atoms with van der Waals surface area (Å²) >= 11 is 0. The van der Waals surface area contributed by atoms with Crippen LogP contribution in [0.15, 0.2) is 22.8 Å². The Morgan fingerprint density at radius 1 is 1.48 bits per heavy atom. The van der Waals surface area contributed by atoms with Crippen LogP contribution in [0.2, 0.25) is 0 Å². The van der Waals surface area contributed by atoms with E-state index in [-0.39, 0.29) is 0 Å². The quantitative estimate of drug-likeness (QED) is 0.761. The minimum atomic E-state index is -0.477. The zero-order valence-corrected chi connectivity index (χ0v) is 13.2. The van der Waals surface area contributed by atoms with E-state index in [0.717, 1.165) is 25.4 Å². The summed E-state index contributed by atoms with van der Waals surface area (Å²) in [5.74, 6) is 0.786. The molecule has 0 aliphatic carbocycles. The Morgan fingerprint density at radius 2 is 2.24 bits per heavy atom. The van der Waals surface area contributed by atoms with Gasteiger partial charge in [0.15, 0.2) is 0 Å². The van der Waals surface area contributed by atoms with Gasteiger partial charge >= 0.3 is 0 Å². The predicted molar refractivity (Wildman–Crippen MR) is 82.1 cm³/mol. The maximum Gasteiger partial charge on any atom is 0.129 e. The van der Waals surface area contributed by atoms with Gasteiger partial charge in [0.25, 0.3) is 0 Å². The van der Waals surface area contributed by atoms with Gasteiger partial charge < -0.3 is 24.5 Å². The molecule has 1 aliphatic heterocycles. The van der Waals surface area contributed by atoms with Crippen LogP contribution in [0, 0.1) is 5.41 Å². The molecular formula is C16H28N2O3. The monoisotopic (exact) mass is 296 g/mol. The van der Waals surface area contributed by atoms with Gasteiger partial charge in [-0.15, -0.1) is 0 Å². The fourth-order valence-corrected chi connectivity index (χ4v) is 2.62. The highest BCUT2D eigenvalue weighted by Gasteiger charge is 2.28. The van der Waals surface area contributed by atoms with Crippen LogP contribution < -0.4 is 5.32 Å². The molecule has 1 saturated heterocycles. The first-order chi connectivity index (χ1) is 10.1. The first-order valence-electron chi connectivity index (χ1n) is 7.75. The first-order valence-corrected chi connectivity index (χ1v) is 7.75. The summed E-state index contributed by atoms with van der Waals surface area (Å²) in [6.07, 6.45) is 3.57. The second-order valence-corrected chi connectivity index (χ2v) is 6.49. The fourth-order valence-electron chi connectivity index (χ4n) is 2.62. The minimum Gasteiger partial charge on any atom is -0.467 e. The number of nitrogens with one attached hydrogen (secondary N) is 1. The Hall–Kier alpha value is -0.880. The van der Waals surface area contributed by atoms with Crippen molar-refractivity contribution >= 4 is 0 Å². The summed E-state index contributed by atoms with van der Waals surface area (Å²) in [6, 6.07) is 3.70. The van der Waals surface area contributed by atoms with E-state index in [2.05, 4.69) is 24.2 Å². The number of hydrogen-bond acceptors (Lipinski definition) is 5. The molecule has 1 aromatic heterocycles. The Morgan fingerprint density at radius 3 is 2.90 bits per heavy atom. The van der Waals surface area contributed by atoms with Gasteiger partial charge in [-0.05, 0) is 50.5 Å². The molecule has 0 aromatic carbocycles. The Labute approximate surface area is 127 Å². The third-order valence-corrected chi connectivity index (χ3v) is 4.26. The number of likely N-dealkylation sites (tertiary alicyclic amines) is 1. The van der Waals surface area contributed by atoms with Gasteiger partial charge in [0.2, 0.25) is 0 Å². The molecule has 21 heavy (non-hydrogen) atoms. The van der Waals surface area contributed by atoms with E-state index in [0.29, 0.717) is 25.2 Å². The molecule has 0 saturated carbocycles. The number of ether oxygens (including phenoxy) is 1. The second kappa shape index (κ2) is 7.94. The van der Waals surface area contributed by atoms with Crippen molar-refractivity contribution in [3.05, 3.63) is 24.2 Å². The van der Waals surface area contributed by atoms with E-state index in [9.17, 15) is 5.11 Å². The summed E-state index contributed by atoms with van der Waals surface area (Å²) in [4.78, 5) is 2.37. The van der Waals surface area contributed by atoms with Gasteiger partial charge in [-0.3, -0.25) is 0 Å². The number of aliphatic hydroxyl groups is 1. The summed E-state index contributed by atoms with van der Waals surface area (Å²) in [7, 11) is 2.17. The molecule has 1 aromatic rings. The van der Waals surface area contributed by atoms with Crippen molar-refractivity contribution in [2.75, 3.05) is 39.8 Å². The van der Waals surface area contributed by atoms with Crippen molar-refractivity contribution in [1.82, 2.24) is 10.2 Å². The van der Waals surface area contributed by atoms with Crippen molar-refractivity contribution in [2.45, 2.75) is 32.5 Å². The highest BCUT2D eigenvalue weighted by atomic mass is 16.5. The molecule has 1 fully saturated rings. The average Bonchev–Trinajstić information content (AvgIpc) is 2.96. The highest BCUT2D eigenvalue weighted by molar-refractivity contribution is 4.96. The normalized spacial score (nSPS) is 20.5. The average molecular weight is 296 g/mol. The van der Waals surface area contributed by atoms with E-state index in [4.69, 9.17) is 9.15 Å². The van der Waals surface area contributed by atoms with Gasteiger partial charge in [-0.1, -0.05) is 6.92 Å². The second-order valence-electron chi connectivity index (χ2n) is 6.49. The van der Waals surface area contributed by atoms with Gasteiger partial charge in [0.1, 0.15) is 12.4 Å². The third kappa shape index (κ3) is 5.79. The zero-order valence-electron chi connectivity index (χ0n) is 13.2. The van der Waals surface area contributed by atoms with E-state index < -0.39 is 6.10 Å². The van der Waals surface area contributed by atoms with Gasteiger partial charge in [-0.25, -0.2) is 0 Å². The predicted octanol–water partition coefficient (Wildman–Crippen LogP) is 1.48. The summed E-state index contributed by atoms with van der Waals surface area (Å²) in [5.41, 5.74) is 0.348. The number of aliphatic hydroxyl groups excluding tert-OH is 1. The molecular weight excluding hydrogens is 268 g/mol. The zero-order chi connectivity index (χ0) is 15.1. The van der Waals surface area contributed by atoms with Crippen molar-refractivity contribution < 1.29 is 14.3 Å². The molecule has 2 heterocycles. The number of rotatable bonds is 8. The minimum absolute atomic E-state index is 0.327. The molecule has 5 heteroatoms. The largest absolute Gasteiger partial charge is 0.467 e. The molecule has 5 nitrogen and oxygen atoms in total. The van der Waals surface area contributed by atoms with E-state index in [1.165, 1.54) is 12.8 Å². The molecule has 1 aliphatic rings. The number of nitrogens with zero attached hydrogens (tertiary/aromatic N) is 1. The lowest BCUT2D eigenvalue weighted by Gasteiger charge is -2.38. The summed E-state index contributed by atoms with van der Waals surface area (Å²) < 4.78 is 10.6. The lowest BCUT2D eigenvalue weighted by atomic mass is 9.80. The van der Waals surface area contributed by atoms with Crippen LogP contribution in [-0.2, 0) is 11.3 Å². The SMILES string of the molecule is CN1CCC(C)(CNCC(O)COCc2ccco2)CC1. The van der Waals surface area contributed by atoms with Crippen molar-refractivity contribution in [3.63, 3.8) is 0 Å². The van der Waals surface area contributed by atoms with Crippen molar-refractivity contribution in [1.29, 1.82) is 0 Å². The van der Waals surface area contributed by atoms with E-state index in [1.54, 1.807) is 6.26 Å². The molecule has 1 unspecified atom stereocenters. The summed E-state index contributed by atoms with van der Waals surface area (Å²) in [5, 5.41) is 13.3. The van der Waals surface area contributed by atoms with Gasteiger partial charge in [0, 0.05) is 13.1 Å². The lowest BCUT2D eigenvalue weighted by Crippen LogP contribution is -2.43. The van der Waals surface area contributed by atoms with Crippen LogP contribution >= 0.6 is 0 Å². The van der Waals surface area contributed by atoms with Crippen LogP contribution in [0.3, 0.4) is 0 Å². The van der Waals surface area contributed by atoms with Crippen LogP contribution in [0.5, 0.6) is 0 Å². The fraction of sp³-hybridized carbons (Fsp3) is 0.750. The van der Waals surface area contributed by atoms with E-state index >= 15 is 0 Å². The number of hydrogen-bond donors (Lipinski definition) is 2. The number of furan rings is 1. The Kier molecular flexibility index (Phi) is 6.23. The molecule has 1 atom stereocenters. The van der Waals surface area contributed by atoms with Crippen molar-refractivity contribution in [2.24, 2.45) is 5.41 Å². The maximum absolute atomic E-state index is 9.91. The van der Waals surface area contributed by atoms with Crippen LogP contribution in [0.25, 0.3) is 0 Å². The molecule has 0 radical (unpaired) electrons. The Bertz CT molecular complexity index is 386. The standard InChI is InChI=1S/C16H28N2O3/c1-16(5-7-18(2)8-6-16)13-17-10-14(19)11-20-12-15-4-3-9-21-15/h3-4,9,14,17,19H,5-8,10-13H2,1-2H3. The van der Waals surface area contributed by atoms with Crippen LogP contribution in [0.1, 0.15) is 25.5 Å². The molecule has 120 valence electrons. The topological polar surface area (TPSA) is 57.9 Å². The van der Waals surface area contributed by atoms with Gasteiger partial charge in [-0.2, -0.15) is 0 Å². The lowest BCUT2D eigenvalue weighted by molar-refractivity contribution is 0.0207. The maximum atomic E-state index is 9.91. The van der Waals surface area contributed by atoms with Crippen LogP contribution in [-0.4, -0.2) is 55.9 Å². The Balaban J connectivity index is 1.55. The van der Waals surface area contributed by atoms with Crippen LogP contribution in [0.4, 0.5) is 0 Å². The smallest absolute Gasteiger partial charge is 0.129 e. The van der Waals surface area contributed by atoms with Crippen molar-refractivity contribution in [3.8, 4) is 0 Å². The summed E-state index contributed by atoms with van der Waals surface area (Å²) in [6.45, 7) is 6.91. The van der Waals surface area contributed by atoms with E-state index in [1.807, 2.05) is 12.1 Å². The molecule has 0 spiro atoms. The highest BCUT2D eigenvalue weighted by Crippen LogP contribution is 2.29. The third-order valence-electron chi connectivity index (χ3n) is 4.26.